The van der Waals surface area contributed by atoms with Crippen LogP contribution in [0.4, 0.5) is 5.69 Å². The second kappa shape index (κ2) is 7.74. The average Bonchev–Trinajstić information content (AvgIpc) is 3.40. The average molecular weight is 428 g/mol. The Labute approximate surface area is 183 Å². The summed E-state index contributed by atoms with van der Waals surface area (Å²) in [7, 11) is 1.90. The van der Waals surface area contributed by atoms with E-state index in [-0.39, 0.29) is 5.91 Å². The van der Waals surface area contributed by atoms with Crippen LogP contribution in [0.1, 0.15) is 10.4 Å². The lowest BCUT2D eigenvalue weighted by atomic mass is 10.1. The number of hydrogen-bond donors (Lipinski definition) is 1. The summed E-state index contributed by atoms with van der Waals surface area (Å²) in [6.45, 7) is 0. The van der Waals surface area contributed by atoms with Gasteiger partial charge in [0.2, 0.25) is 0 Å². The Morgan fingerprint density at radius 1 is 0.968 bits per heavy atom. The number of rotatable bonds is 4. The van der Waals surface area contributed by atoms with Gasteiger partial charge in [0.15, 0.2) is 0 Å². The van der Waals surface area contributed by atoms with Crippen LogP contribution in [0.3, 0.4) is 0 Å². The molecule has 0 unspecified atom stereocenters. The summed E-state index contributed by atoms with van der Waals surface area (Å²) < 4.78 is 3.84. The summed E-state index contributed by atoms with van der Waals surface area (Å²) in [4.78, 5) is 17.0. The highest BCUT2D eigenvalue weighted by molar-refractivity contribution is 6.30. The van der Waals surface area contributed by atoms with E-state index in [1.54, 1.807) is 35.1 Å². The van der Waals surface area contributed by atoms with E-state index < -0.39 is 0 Å². The quantitative estimate of drug-likeness (QED) is 0.423. The number of nitrogens with zero attached hydrogens (tertiary/aromatic N) is 4. The zero-order valence-corrected chi connectivity index (χ0v) is 17.4. The third kappa shape index (κ3) is 3.81. The fraction of sp³-hybridized carbons (Fsp3) is 0.0417. The van der Waals surface area contributed by atoms with Crippen molar-refractivity contribution >= 4 is 28.7 Å². The van der Waals surface area contributed by atoms with Crippen molar-refractivity contribution in [2.75, 3.05) is 5.32 Å². The Bertz CT molecular complexity index is 1380. The van der Waals surface area contributed by atoms with Crippen molar-refractivity contribution in [1.82, 2.24) is 19.2 Å². The van der Waals surface area contributed by atoms with Gasteiger partial charge in [-0.15, -0.1) is 0 Å². The number of aryl methyl sites for hydroxylation is 1. The van der Waals surface area contributed by atoms with Crippen LogP contribution in [-0.4, -0.2) is 25.1 Å². The van der Waals surface area contributed by atoms with Crippen LogP contribution in [0.2, 0.25) is 5.02 Å². The van der Waals surface area contributed by atoms with Crippen LogP contribution < -0.4 is 5.32 Å². The molecule has 2 aromatic carbocycles. The number of halogens is 1. The Morgan fingerprint density at radius 3 is 2.45 bits per heavy atom. The van der Waals surface area contributed by atoms with E-state index in [0.717, 1.165) is 27.9 Å². The van der Waals surface area contributed by atoms with Gasteiger partial charge in [-0.1, -0.05) is 23.7 Å². The predicted molar refractivity (Wildman–Crippen MR) is 122 cm³/mol. The van der Waals surface area contributed by atoms with Gasteiger partial charge in [-0.05, 0) is 42.5 Å². The van der Waals surface area contributed by atoms with Crippen molar-refractivity contribution in [3.05, 3.63) is 96.2 Å². The van der Waals surface area contributed by atoms with Gasteiger partial charge < -0.3 is 9.72 Å². The molecule has 7 heteroatoms. The van der Waals surface area contributed by atoms with Gasteiger partial charge in [-0.3, -0.25) is 14.5 Å². The lowest BCUT2D eigenvalue weighted by Crippen LogP contribution is -2.11. The summed E-state index contributed by atoms with van der Waals surface area (Å²) in [5, 5.41) is 7.76. The molecule has 0 radical (unpaired) electrons. The Morgan fingerprint density at radius 2 is 1.74 bits per heavy atom. The summed E-state index contributed by atoms with van der Waals surface area (Å²) >= 11 is 5.89. The van der Waals surface area contributed by atoms with E-state index in [0.29, 0.717) is 16.3 Å². The van der Waals surface area contributed by atoms with E-state index in [9.17, 15) is 4.79 Å². The molecular weight excluding hydrogens is 410 g/mol. The normalized spacial score (nSPS) is 11.0. The van der Waals surface area contributed by atoms with Gasteiger partial charge >= 0.3 is 0 Å². The molecule has 0 spiro atoms. The first-order valence-corrected chi connectivity index (χ1v) is 10.1. The topological polar surface area (TPSA) is 64.2 Å². The van der Waals surface area contributed by atoms with Gasteiger partial charge in [0.05, 0.1) is 17.4 Å². The molecule has 3 aromatic heterocycles. The number of nitrogens with one attached hydrogen (secondary N) is 1. The van der Waals surface area contributed by atoms with Crippen LogP contribution in [0.15, 0.2) is 85.6 Å². The molecule has 6 nitrogen and oxygen atoms in total. The van der Waals surface area contributed by atoms with E-state index in [1.165, 1.54) is 0 Å². The van der Waals surface area contributed by atoms with Crippen LogP contribution in [0.5, 0.6) is 0 Å². The molecule has 1 N–H and O–H groups in total. The van der Waals surface area contributed by atoms with Crippen molar-refractivity contribution in [2.45, 2.75) is 0 Å². The summed E-state index contributed by atoms with van der Waals surface area (Å²) in [5.41, 5.74) is 6.23. The van der Waals surface area contributed by atoms with Crippen molar-refractivity contribution < 1.29 is 4.79 Å². The van der Waals surface area contributed by atoms with Gasteiger partial charge in [0, 0.05) is 64.8 Å². The first-order valence-electron chi connectivity index (χ1n) is 9.70. The van der Waals surface area contributed by atoms with Crippen molar-refractivity contribution in [3.8, 4) is 22.4 Å². The number of carbonyl (C=O) groups excluding carboxylic acids is 1. The van der Waals surface area contributed by atoms with Crippen LogP contribution in [-0.2, 0) is 7.05 Å². The molecule has 0 saturated carbocycles. The monoisotopic (exact) mass is 427 g/mol. The van der Waals surface area contributed by atoms with Gasteiger partial charge in [-0.2, -0.15) is 5.10 Å². The number of aromatic nitrogens is 4. The Kier molecular flexibility index (Phi) is 4.76. The first-order chi connectivity index (χ1) is 15.1. The highest BCUT2D eigenvalue weighted by atomic mass is 35.5. The summed E-state index contributed by atoms with van der Waals surface area (Å²) in [5.74, 6) is -0.183. The molecule has 152 valence electrons. The second-order valence-corrected chi connectivity index (χ2v) is 7.67. The smallest absolute Gasteiger partial charge is 0.255 e. The molecule has 0 bridgehead atoms. The Hall–Kier alpha value is -3.90. The zero-order chi connectivity index (χ0) is 21.4. The molecule has 0 aliphatic heterocycles. The van der Waals surface area contributed by atoms with E-state index in [1.807, 2.05) is 49.9 Å². The number of anilines is 1. The van der Waals surface area contributed by atoms with Gasteiger partial charge in [-0.25, -0.2) is 0 Å². The van der Waals surface area contributed by atoms with Crippen molar-refractivity contribution in [3.63, 3.8) is 0 Å². The molecule has 3 heterocycles. The van der Waals surface area contributed by atoms with Crippen LogP contribution >= 0.6 is 11.6 Å². The standard InChI is InChI=1S/C24H18ClN5O/c1-29-14-19(13-27-29)18-12-22-23(26-10-11-30(22)15-18)16-4-8-21(9-5-16)28-24(31)17-2-6-20(25)7-3-17/h2-15H,1H3,(H,28,31). The highest BCUT2D eigenvalue weighted by Crippen LogP contribution is 2.29. The lowest BCUT2D eigenvalue weighted by molar-refractivity contribution is 0.102. The van der Waals surface area contributed by atoms with E-state index in [2.05, 4.69) is 32.1 Å². The minimum absolute atomic E-state index is 0.183. The maximum absolute atomic E-state index is 12.4. The minimum Gasteiger partial charge on any atom is -0.322 e. The molecular formula is C24H18ClN5O. The second-order valence-electron chi connectivity index (χ2n) is 7.24. The number of amides is 1. The van der Waals surface area contributed by atoms with E-state index in [4.69, 9.17) is 11.6 Å². The maximum Gasteiger partial charge on any atom is 0.255 e. The van der Waals surface area contributed by atoms with Crippen molar-refractivity contribution in [2.24, 2.45) is 7.05 Å². The number of hydrogen-bond acceptors (Lipinski definition) is 3. The van der Waals surface area contributed by atoms with Gasteiger partial charge in [0.25, 0.3) is 5.91 Å². The maximum atomic E-state index is 12.4. The van der Waals surface area contributed by atoms with Crippen LogP contribution in [0, 0.1) is 0 Å². The number of benzene rings is 2. The van der Waals surface area contributed by atoms with Crippen LogP contribution in [0.25, 0.3) is 27.9 Å². The van der Waals surface area contributed by atoms with E-state index >= 15 is 0 Å². The molecule has 0 saturated heterocycles. The third-order valence-corrected chi connectivity index (χ3v) is 5.33. The molecule has 0 aliphatic carbocycles. The van der Waals surface area contributed by atoms with Crippen molar-refractivity contribution in [1.29, 1.82) is 0 Å². The molecule has 0 atom stereocenters. The highest BCUT2D eigenvalue weighted by Gasteiger charge is 2.11. The first kappa shape index (κ1) is 19.1. The fourth-order valence-electron chi connectivity index (χ4n) is 3.50. The van der Waals surface area contributed by atoms with Gasteiger partial charge in [0.1, 0.15) is 0 Å². The largest absolute Gasteiger partial charge is 0.322 e. The lowest BCUT2D eigenvalue weighted by Gasteiger charge is -2.08. The zero-order valence-electron chi connectivity index (χ0n) is 16.7. The molecule has 0 fully saturated rings. The molecule has 31 heavy (non-hydrogen) atoms. The predicted octanol–water partition coefficient (Wildman–Crippen LogP) is 5.31. The molecule has 5 rings (SSSR count). The number of fused-ring (bicyclic) bond motifs is 1. The SMILES string of the molecule is Cn1cc(-c2cc3c(-c4ccc(NC(=O)c5ccc(Cl)cc5)cc4)nccn3c2)cn1. The summed E-state index contributed by atoms with van der Waals surface area (Å²) in [6.07, 6.45) is 9.61. The molecule has 0 aliphatic rings. The Balaban J connectivity index is 1.42. The fourth-order valence-corrected chi connectivity index (χ4v) is 3.63. The molecule has 5 aromatic rings. The number of carbonyl (C=O) groups is 1. The summed E-state index contributed by atoms with van der Waals surface area (Å²) in [6, 6.07) is 16.6. The minimum atomic E-state index is -0.183. The molecule has 1 amide bonds. The third-order valence-electron chi connectivity index (χ3n) is 5.08.